The van der Waals surface area contributed by atoms with Crippen LogP contribution in [0, 0.1) is 0 Å². The van der Waals surface area contributed by atoms with Crippen molar-refractivity contribution >= 4 is 29.6 Å². The van der Waals surface area contributed by atoms with E-state index in [2.05, 4.69) is 4.98 Å². The van der Waals surface area contributed by atoms with Crippen LogP contribution < -0.4 is 5.59 Å². The lowest BCUT2D eigenvalue weighted by atomic mass is 9.87. The van der Waals surface area contributed by atoms with Crippen molar-refractivity contribution in [3.63, 3.8) is 0 Å². The Kier molecular flexibility index (Phi) is 2.22. The lowest BCUT2D eigenvalue weighted by Crippen LogP contribution is -2.30. The van der Waals surface area contributed by atoms with Crippen molar-refractivity contribution in [2.75, 3.05) is 0 Å². The summed E-state index contributed by atoms with van der Waals surface area (Å²) < 4.78 is 0. The number of H-pyrrole nitrogens is 1. The number of para-hydroxylation sites is 1. The molecule has 0 saturated heterocycles. The number of rotatable bonds is 2. The molecule has 2 rings (SSSR count). The van der Waals surface area contributed by atoms with Gasteiger partial charge >= 0.3 is 13.1 Å². The van der Waals surface area contributed by atoms with Crippen LogP contribution in [0.3, 0.4) is 0 Å². The van der Waals surface area contributed by atoms with E-state index in [-0.39, 0.29) is 11.2 Å². The average Bonchev–Trinajstić information content (AvgIpc) is 2.60. The van der Waals surface area contributed by atoms with E-state index in [0.29, 0.717) is 10.9 Å². The molecule has 0 fully saturated rings. The van der Waals surface area contributed by atoms with Gasteiger partial charge < -0.3 is 20.1 Å². The molecule has 6 heteroatoms. The molecule has 0 aliphatic rings. The minimum absolute atomic E-state index is 0.111. The molecule has 0 radical (unpaired) electrons. The number of aromatic nitrogens is 1. The number of hydrogen-bond acceptors (Lipinski definition) is 3. The number of aromatic carboxylic acids is 1. The molecular formula is C9H8BNO4. The summed E-state index contributed by atoms with van der Waals surface area (Å²) in [4.78, 5) is 13.5. The van der Waals surface area contributed by atoms with Gasteiger partial charge in [-0.2, -0.15) is 0 Å². The maximum absolute atomic E-state index is 10.8. The van der Waals surface area contributed by atoms with Crippen LogP contribution in [0.2, 0.25) is 0 Å². The third kappa shape index (κ3) is 1.60. The summed E-state index contributed by atoms with van der Waals surface area (Å²) in [7, 11) is -1.63. The Morgan fingerprint density at radius 2 is 2.07 bits per heavy atom. The maximum Gasteiger partial charge on any atom is 0.505 e. The highest BCUT2D eigenvalue weighted by Crippen LogP contribution is 2.15. The molecule has 15 heavy (non-hydrogen) atoms. The van der Waals surface area contributed by atoms with Crippen molar-refractivity contribution in [3.8, 4) is 0 Å². The molecule has 0 atom stereocenters. The smallest absolute Gasteiger partial charge is 0.478 e. The van der Waals surface area contributed by atoms with Gasteiger partial charge in [0, 0.05) is 5.59 Å². The largest absolute Gasteiger partial charge is 0.505 e. The van der Waals surface area contributed by atoms with Gasteiger partial charge in [-0.05, 0) is 17.5 Å². The second-order valence-electron chi connectivity index (χ2n) is 3.17. The summed E-state index contributed by atoms with van der Waals surface area (Å²) in [5.41, 5.74) is 0.686. The normalized spacial score (nSPS) is 10.5. The standard InChI is InChI=1S/C9H8BNO4/c12-9(13)6-3-1-2-5-4-7(10(14)15)11-8(5)6/h1-4,11,14-15H,(H,12,13). The quantitative estimate of drug-likeness (QED) is 0.499. The SMILES string of the molecule is O=C(O)c1cccc2cc(B(O)O)[nH]c12. The predicted octanol–water partition coefficient (Wildman–Crippen LogP) is -0.454. The van der Waals surface area contributed by atoms with Crippen LogP contribution in [0.4, 0.5) is 0 Å². The molecule has 0 aliphatic carbocycles. The van der Waals surface area contributed by atoms with Gasteiger partial charge in [0.1, 0.15) is 0 Å². The third-order valence-electron chi connectivity index (χ3n) is 2.19. The first-order valence-corrected chi connectivity index (χ1v) is 4.30. The summed E-state index contributed by atoms with van der Waals surface area (Å²) in [6.07, 6.45) is 0. The number of carboxylic acids is 1. The van der Waals surface area contributed by atoms with Gasteiger partial charge in [-0.3, -0.25) is 0 Å². The zero-order valence-corrected chi connectivity index (χ0v) is 7.64. The Labute approximate surface area is 85.1 Å². The first kappa shape index (κ1) is 9.76. The minimum Gasteiger partial charge on any atom is -0.478 e. The number of nitrogens with one attached hydrogen (secondary N) is 1. The Hall–Kier alpha value is -1.79. The van der Waals surface area contributed by atoms with Crippen molar-refractivity contribution in [2.45, 2.75) is 0 Å². The molecule has 0 saturated carbocycles. The molecule has 1 heterocycles. The van der Waals surface area contributed by atoms with Crippen molar-refractivity contribution in [1.29, 1.82) is 0 Å². The molecular weight excluding hydrogens is 197 g/mol. The van der Waals surface area contributed by atoms with Crippen LogP contribution in [0.25, 0.3) is 10.9 Å². The number of benzene rings is 1. The van der Waals surface area contributed by atoms with E-state index in [1.54, 1.807) is 12.1 Å². The summed E-state index contributed by atoms with van der Waals surface area (Å²) in [6.45, 7) is 0. The highest BCUT2D eigenvalue weighted by atomic mass is 16.4. The fourth-order valence-electron chi connectivity index (χ4n) is 1.50. The first-order chi connectivity index (χ1) is 7.09. The van der Waals surface area contributed by atoms with Crippen LogP contribution >= 0.6 is 0 Å². The zero-order valence-electron chi connectivity index (χ0n) is 7.64. The van der Waals surface area contributed by atoms with Gasteiger partial charge in [0.2, 0.25) is 0 Å². The number of fused-ring (bicyclic) bond motifs is 1. The Bertz CT molecular complexity index is 520. The molecule has 0 spiro atoms. The molecule has 0 unspecified atom stereocenters. The molecule has 5 nitrogen and oxygen atoms in total. The monoisotopic (exact) mass is 205 g/mol. The van der Waals surface area contributed by atoms with Gasteiger partial charge in [-0.1, -0.05) is 12.1 Å². The number of aromatic amines is 1. The first-order valence-electron chi connectivity index (χ1n) is 4.30. The molecule has 76 valence electrons. The van der Waals surface area contributed by atoms with Gasteiger partial charge in [0.15, 0.2) is 0 Å². The Morgan fingerprint density at radius 3 is 2.67 bits per heavy atom. The topological polar surface area (TPSA) is 93.6 Å². The van der Waals surface area contributed by atoms with Crippen molar-refractivity contribution in [1.82, 2.24) is 4.98 Å². The van der Waals surface area contributed by atoms with E-state index in [0.717, 1.165) is 0 Å². The van der Waals surface area contributed by atoms with Crippen LogP contribution in [0.5, 0.6) is 0 Å². The van der Waals surface area contributed by atoms with E-state index in [4.69, 9.17) is 15.2 Å². The minimum atomic E-state index is -1.63. The van der Waals surface area contributed by atoms with Gasteiger partial charge in [-0.15, -0.1) is 0 Å². The molecule has 0 aliphatic heterocycles. The van der Waals surface area contributed by atoms with Crippen LogP contribution in [0.15, 0.2) is 24.3 Å². The Morgan fingerprint density at radius 1 is 1.33 bits per heavy atom. The Balaban J connectivity index is 2.70. The van der Waals surface area contributed by atoms with Gasteiger partial charge in [0.05, 0.1) is 11.1 Å². The van der Waals surface area contributed by atoms with Crippen molar-refractivity contribution < 1.29 is 19.9 Å². The molecule has 1 aromatic heterocycles. The lowest BCUT2D eigenvalue weighted by Gasteiger charge is -1.96. The molecule has 1 aromatic carbocycles. The summed E-state index contributed by atoms with van der Waals surface area (Å²) in [5.74, 6) is -1.05. The van der Waals surface area contributed by atoms with Gasteiger partial charge in [-0.25, -0.2) is 4.79 Å². The number of hydrogen-bond donors (Lipinski definition) is 4. The molecule has 2 aromatic rings. The van der Waals surface area contributed by atoms with E-state index in [9.17, 15) is 4.79 Å². The lowest BCUT2D eigenvalue weighted by molar-refractivity contribution is 0.0699. The van der Waals surface area contributed by atoms with Crippen LogP contribution in [-0.4, -0.2) is 33.2 Å². The van der Waals surface area contributed by atoms with E-state index in [1.165, 1.54) is 12.1 Å². The summed E-state index contributed by atoms with van der Waals surface area (Å²) >= 11 is 0. The van der Waals surface area contributed by atoms with Crippen molar-refractivity contribution in [2.24, 2.45) is 0 Å². The van der Waals surface area contributed by atoms with Crippen molar-refractivity contribution in [3.05, 3.63) is 29.8 Å². The van der Waals surface area contributed by atoms with Gasteiger partial charge in [0.25, 0.3) is 0 Å². The molecule has 0 amide bonds. The highest BCUT2D eigenvalue weighted by Gasteiger charge is 2.16. The third-order valence-corrected chi connectivity index (χ3v) is 2.19. The van der Waals surface area contributed by atoms with E-state index < -0.39 is 13.1 Å². The number of carbonyl (C=O) groups is 1. The summed E-state index contributed by atoms with van der Waals surface area (Å²) in [6, 6.07) is 6.26. The van der Waals surface area contributed by atoms with Crippen LogP contribution in [-0.2, 0) is 0 Å². The fraction of sp³-hybridized carbons (Fsp3) is 0. The maximum atomic E-state index is 10.8. The second-order valence-corrected chi connectivity index (χ2v) is 3.17. The fourth-order valence-corrected chi connectivity index (χ4v) is 1.50. The van der Waals surface area contributed by atoms with E-state index in [1.807, 2.05) is 0 Å². The van der Waals surface area contributed by atoms with E-state index >= 15 is 0 Å². The second kappa shape index (κ2) is 3.41. The molecule has 4 N–H and O–H groups in total. The zero-order chi connectivity index (χ0) is 11.0. The predicted molar refractivity (Wildman–Crippen MR) is 55.1 cm³/mol. The van der Waals surface area contributed by atoms with Crippen LogP contribution in [0.1, 0.15) is 10.4 Å². The molecule has 0 bridgehead atoms. The number of carboxylic acid groups (broad SMARTS) is 1. The summed E-state index contributed by atoms with van der Waals surface area (Å²) in [5, 5.41) is 27.4. The highest BCUT2D eigenvalue weighted by molar-refractivity contribution is 6.58. The average molecular weight is 205 g/mol.